The maximum atomic E-state index is 8.83. The van der Waals surface area contributed by atoms with Crippen molar-refractivity contribution in [2.75, 3.05) is 13.2 Å². The lowest BCUT2D eigenvalue weighted by atomic mass is 10.2. The van der Waals surface area contributed by atoms with Crippen LogP contribution in [-0.2, 0) is 0 Å². The van der Waals surface area contributed by atoms with Crippen molar-refractivity contribution in [1.29, 1.82) is 0 Å². The number of azide groups is 1. The van der Waals surface area contributed by atoms with Gasteiger partial charge in [-0.25, -0.2) is 0 Å². The SMILES string of the molecule is [N-]=[N+]=N[C@H]1C[C@@H](CO)N(P)C1. The predicted molar refractivity (Wildman–Crippen MR) is 44.8 cm³/mol. The molecule has 0 aliphatic carbocycles. The second kappa shape index (κ2) is 3.88. The van der Waals surface area contributed by atoms with Gasteiger partial charge in [0.15, 0.2) is 0 Å². The van der Waals surface area contributed by atoms with Gasteiger partial charge in [-0.2, -0.15) is 0 Å². The van der Waals surface area contributed by atoms with Gasteiger partial charge < -0.3 is 5.11 Å². The van der Waals surface area contributed by atoms with Crippen LogP contribution >= 0.6 is 9.39 Å². The van der Waals surface area contributed by atoms with Crippen LogP contribution in [0.15, 0.2) is 5.11 Å². The lowest BCUT2D eigenvalue weighted by molar-refractivity contribution is 0.220. The third-order valence-corrected chi connectivity index (χ3v) is 2.49. The highest BCUT2D eigenvalue weighted by atomic mass is 31.0. The molecule has 1 N–H and O–H groups in total. The minimum absolute atomic E-state index is 0.0228. The van der Waals surface area contributed by atoms with Crippen molar-refractivity contribution >= 4 is 9.39 Å². The molecule has 0 aromatic heterocycles. The van der Waals surface area contributed by atoms with Crippen LogP contribution in [0.2, 0.25) is 0 Å². The molecule has 1 rings (SSSR count). The number of aliphatic hydroxyl groups is 1. The molecule has 0 radical (unpaired) electrons. The molecule has 0 amide bonds. The molecule has 62 valence electrons. The molecule has 0 aromatic carbocycles. The van der Waals surface area contributed by atoms with Crippen molar-refractivity contribution in [2.24, 2.45) is 5.11 Å². The van der Waals surface area contributed by atoms with E-state index in [1.807, 2.05) is 4.67 Å². The first-order chi connectivity index (χ1) is 5.27. The van der Waals surface area contributed by atoms with Crippen LogP contribution in [-0.4, -0.2) is 35.0 Å². The molecule has 1 unspecified atom stereocenters. The molecule has 1 aliphatic rings. The largest absolute Gasteiger partial charge is 0.395 e. The molecule has 0 aromatic rings. The topological polar surface area (TPSA) is 72.2 Å². The average Bonchev–Trinajstić information content (AvgIpc) is 2.32. The standard InChI is InChI=1S/C5H11N4OP/c6-8-7-4-1-5(3-10)9(11)2-4/h4-5,10H,1-3,11H2/t4-,5-/m0/s1. The molecule has 1 saturated heterocycles. The summed E-state index contributed by atoms with van der Waals surface area (Å²) in [7, 11) is 2.52. The van der Waals surface area contributed by atoms with Gasteiger partial charge in [-0.1, -0.05) is 14.5 Å². The molecule has 1 fully saturated rings. The molecular weight excluding hydrogens is 163 g/mol. The summed E-state index contributed by atoms with van der Waals surface area (Å²) in [6.45, 7) is 0.848. The van der Waals surface area contributed by atoms with Crippen LogP contribution in [0.1, 0.15) is 6.42 Å². The molecule has 1 heterocycles. The number of aliphatic hydroxyl groups excluding tert-OH is 1. The number of hydrogen-bond acceptors (Lipinski definition) is 3. The fourth-order valence-corrected chi connectivity index (χ4v) is 1.71. The van der Waals surface area contributed by atoms with Crippen molar-refractivity contribution in [1.82, 2.24) is 4.67 Å². The van der Waals surface area contributed by atoms with Crippen LogP contribution in [0.5, 0.6) is 0 Å². The van der Waals surface area contributed by atoms with Gasteiger partial charge in [0.2, 0.25) is 0 Å². The summed E-state index contributed by atoms with van der Waals surface area (Å²) in [6, 6.07) is 0.158. The zero-order valence-electron chi connectivity index (χ0n) is 6.09. The van der Waals surface area contributed by atoms with Crippen LogP contribution in [0.25, 0.3) is 10.4 Å². The summed E-state index contributed by atoms with van der Waals surface area (Å²) in [5, 5.41) is 12.4. The summed E-state index contributed by atoms with van der Waals surface area (Å²) in [4.78, 5) is 2.73. The van der Waals surface area contributed by atoms with E-state index in [9.17, 15) is 0 Å². The lowest BCUT2D eigenvalue weighted by Crippen LogP contribution is -2.22. The third kappa shape index (κ3) is 2.04. The zero-order valence-corrected chi connectivity index (χ0v) is 7.24. The highest BCUT2D eigenvalue weighted by molar-refractivity contribution is 7.13. The second-order valence-corrected chi connectivity index (χ2v) is 3.29. The first kappa shape index (κ1) is 8.75. The van der Waals surface area contributed by atoms with E-state index in [4.69, 9.17) is 10.6 Å². The average molecular weight is 174 g/mol. The predicted octanol–water partition coefficient (Wildman–Crippen LogP) is 0.522. The molecule has 3 atom stereocenters. The molecule has 0 bridgehead atoms. The lowest BCUT2D eigenvalue weighted by Gasteiger charge is -2.14. The maximum Gasteiger partial charge on any atom is 0.0590 e. The van der Waals surface area contributed by atoms with Crippen molar-refractivity contribution in [2.45, 2.75) is 18.5 Å². The Kier molecular flexibility index (Phi) is 3.09. The first-order valence-corrected chi connectivity index (χ1v) is 3.96. The summed E-state index contributed by atoms with van der Waals surface area (Å²) in [6.07, 6.45) is 0.754. The van der Waals surface area contributed by atoms with E-state index in [2.05, 4.69) is 19.4 Å². The number of nitrogens with zero attached hydrogens (tertiary/aromatic N) is 4. The maximum absolute atomic E-state index is 8.83. The number of hydrogen-bond donors (Lipinski definition) is 1. The Morgan fingerprint density at radius 1 is 1.82 bits per heavy atom. The van der Waals surface area contributed by atoms with Crippen molar-refractivity contribution in [3.63, 3.8) is 0 Å². The third-order valence-electron chi connectivity index (χ3n) is 1.86. The molecule has 1 aliphatic heterocycles. The van der Waals surface area contributed by atoms with E-state index in [1.54, 1.807) is 0 Å². The normalized spacial score (nSPS) is 31.8. The molecular formula is C5H11N4OP. The van der Waals surface area contributed by atoms with E-state index in [0.29, 0.717) is 0 Å². The molecule has 11 heavy (non-hydrogen) atoms. The Hall–Kier alpha value is -0.340. The van der Waals surface area contributed by atoms with Crippen LogP contribution in [0.4, 0.5) is 0 Å². The highest BCUT2D eigenvalue weighted by Crippen LogP contribution is 2.23. The van der Waals surface area contributed by atoms with Gasteiger partial charge in [-0.05, 0) is 12.0 Å². The second-order valence-electron chi connectivity index (χ2n) is 2.63. The number of rotatable bonds is 2. The van der Waals surface area contributed by atoms with E-state index in [0.717, 1.165) is 13.0 Å². The minimum Gasteiger partial charge on any atom is -0.395 e. The Morgan fingerprint density at radius 2 is 2.55 bits per heavy atom. The smallest absolute Gasteiger partial charge is 0.0590 e. The summed E-state index contributed by atoms with van der Waals surface area (Å²) < 4.78 is 1.93. The van der Waals surface area contributed by atoms with Crippen molar-refractivity contribution in [3.8, 4) is 0 Å². The Labute approximate surface area is 67.3 Å². The monoisotopic (exact) mass is 174 g/mol. The molecule has 0 spiro atoms. The van der Waals surface area contributed by atoms with Gasteiger partial charge in [-0.15, -0.1) is 0 Å². The molecule has 0 saturated carbocycles. The van der Waals surface area contributed by atoms with Gasteiger partial charge >= 0.3 is 0 Å². The summed E-state index contributed by atoms with van der Waals surface area (Å²) >= 11 is 0. The Bertz CT molecular complexity index is 181. The summed E-state index contributed by atoms with van der Waals surface area (Å²) in [5.41, 5.74) is 8.14. The van der Waals surface area contributed by atoms with E-state index < -0.39 is 0 Å². The van der Waals surface area contributed by atoms with Crippen molar-refractivity contribution in [3.05, 3.63) is 10.4 Å². The Morgan fingerprint density at radius 3 is 3.00 bits per heavy atom. The molecule has 5 nitrogen and oxygen atoms in total. The van der Waals surface area contributed by atoms with E-state index in [-0.39, 0.29) is 18.7 Å². The fourth-order valence-electron chi connectivity index (χ4n) is 1.25. The van der Waals surface area contributed by atoms with Crippen LogP contribution in [0.3, 0.4) is 0 Å². The van der Waals surface area contributed by atoms with Gasteiger partial charge in [0.25, 0.3) is 0 Å². The van der Waals surface area contributed by atoms with Gasteiger partial charge in [0, 0.05) is 17.5 Å². The van der Waals surface area contributed by atoms with Crippen molar-refractivity contribution < 1.29 is 5.11 Å². The zero-order chi connectivity index (χ0) is 8.27. The minimum atomic E-state index is 0.0228. The van der Waals surface area contributed by atoms with E-state index >= 15 is 0 Å². The van der Waals surface area contributed by atoms with Crippen LogP contribution < -0.4 is 0 Å². The highest BCUT2D eigenvalue weighted by Gasteiger charge is 2.27. The first-order valence-electron chi connectivity index (χ1n) is 3.44. The Balaban J connectivity index is 2.48. The molecule has 6 heteroatoms. The van der Waals surface area contributed by atoms with Gasteiger partial charge in [0.05, 0.1) is 12.6 Å². The quantitative estimate of drug-likeness (QED) is 0.287. The van der Waals surface area contributed by atoms with Gasteiger partial charge in [-0.3, -0.25) is 4.67 Å². The fraction of sp³-hybridized carbons (Fsp3) is 1.00. The summed E-state index contributed by atoms with van der Waals surface area (Å²) in [5.74, 6) is 0. The van der Waals surface area contributed by atoms with Crippen LogP contribution in [0, 0.1) is 0 Å². The van der Waals surface area contributed by atoms with E-state index in [1.165, 1.54) is 0 Å². The van der Waals surface area contributed by atoms with Gasteiger partial charge in [0.1, 0.15) is 0 Å².